The van der Waals surface area contributed by atoms with Gasteiger partial charge in [0.1, 0.15) is 0 Å². The van der Waals surface area contributed by atoms with E-state index in [1.54, 1.807) is 24.5 Å². The van der Waals surface area contributed by atoms with Crippen LogP contribution in [0.25, 0.3) is 0 Å². The first kappa shape index (κ1) is 23.5. The number of nitrogens with zero attached hydrogens (tertiary/aromatic N) is 1. The molecule has 0 saturated carbocycles. The van der Waals surface area contributed by atoms with Gasteiger partial charge < -0.3 is 10.6 Å². The highest BCUT2D eigenvalue weighted by Gasteiger charge is 2.25. The monoisotopic (exact) mass is 431 g/mol. The molecule has 2 atom stereocenters. The fraction of sp³-hybridized carbons (Fsp3) is 0.370. The molecule has 1 aromatic carbocycles. The van der Waals surface area contributed by atoms with Crippen molar-refractivity contribution in [2.45, 2.75) is 51.4 Å². The normalized spacial score (nSPS) is 16.6. The van der Waals surface area contributed by atoms with Gasteiger partial charge >= 0.3 is 0 Å². The van der Waals surface area contributed by atoms with Gasteiger partial charge in [0.25, 0.3) is 0 Å². The second-order valence-corrected chi connectivity index (χ2v) is 8.14. The van der Waals surface area contributed by atoms with E-state index in [4.69, 9.17) is 0 Å². The molecule has 168 valence electrons. The minimum atomic E-state index is -0.0602. The van der Waals surface area contributed by atoms with Crippen molar-refractivity contribution in [2.24, 2.45) is 5.92 Å². The molecule has 5 heteroatoms. The molecule has 0 spiro atoms. The molecule has 1 aromatic heterocycles. The molecule has 0 fully saturated rings. The number of pyridine rings is 1. The van der Waals surface area contributed by atoms with Gasteiger partial charge in [-0.3, -0.25) is 14.6 Å². The largest absolute Gasteiger partial charge is 0.356 e. The first-order valence-electron chi connectivity index (χ1n) is 11.6. The predicted octanol–water partition coefficient (Wildman–Crippen LogP) is 5.18. The van der Waals surface area contributed by atoms with Crippen molar-refractivity contribution in [2.75, 3.05) is 11.9 Å². The lowest BCUT2D eigenvalue weighted by molar-refractivity contribution is -0.123. The highest BCUT2D eigenvalue weighted by atomic mass is 16.2. The lowest BCUT2D eigenvalue weighted by Crippen LogP contribution is -2.32. The van der Waals surface area contributed by atoms with Crippen molar-refractivity contribution in [1.82, 2.24) is 10.3 Å². The molecule has 1 heterocycles. The van der Waals surface area contributed by atoms with E-state index in [-0.39, 0.29) is 23.7 Å². The number of anilines is 1. The van der Waals surface area contributed by atoms with Crippen LogP contribution in [0, 0.1) is 5.92 Å². The number of benzene rings is 1. The van der Waals surface area contributed by atoms with Gasteiger partial charge in [-0.25, -0.2) is 0 Å². The van der Waals surface area contributed by atoms with Gasteiger partial charge in [-0.15, -0.1) is 0 Å². The minimum absolute atomic E-state index is 0.0444. The number of fused-ring (bicyclic) bond motifs is 1. The Kier molecular flexibility index (Phi) is 9.23. The summed E-state index contributed by atoms with van der Waals surface area (Å²) in [7, 11) is 0. The average molecular weight is 432 g/mol. The molecule has 3 rings (SSSR count). The maximum absolute atomic E-state index is 12.8. The Hall–Kier alpha value is -3.21. The maximum Gasteiger partial charge on any atom is 0.228 e. The number of hydrogen-bond acceptors (Lipinski definition) is 3. The zero-order valence-corrected chi connectivity index (χ0v) is 18.8. The fourth-order valence-electron chi connectivity index (χ4n) is 4.08. The molecule has 1 unspecified atom stereocenters. The number of allylic oxidation sites excluding steroid dienone is 3. The standard InChI is InChI=1S/C27H33N3O2/c1-2-3-8-21(9-6-14-26(31)30-23-16-18-28-19-17-23)15-20-29-27(32)25-13-7-11-22-10-4-5-12-24(22)25/h3-6,8-10,12,16-19,21,25H,2,7,11,13-15,20H2,1H3,(H,29,32)(H,28,30,31)/b8-3?,9-6-/t21?,25-/m0/s1. The Morgan fingerprint density at radius 1 is 1.12 bits per heavy atom. The van der Waals surface area contributed by atoms with Crippen molar-refractivity contribution in [3.05, 3.63) is 84.2 Å². The summed E-state index contributed by atoms with van der Waals surface area (Å²) >= 11 is 0. The van der Waals surface area contributed by atoms with Crippen LogP contribution in [0.1, 0.15) is 56.1 Å². The summed E-state index contributed by atoms with van der Waals surface area (Å²) in [4.78, 5) is 28.9. The maximum atomic E-state index is 12.8. The molecule has 5 nitrogen and oxygen atoms in total. The number of amides is 2. The Bertz CT molecular complexity index is 937. The summed E-state index contributed by atoms with van der Waals surface area (Å²) in [5, 5.41) is 6.00. The van der Waals surface area contributed by atoms with Crippen LogP contribution in [0.4, 0.5) is 5.69 Å². The highest BCUT2D eigenvalue weighted by molar-refractivity contribution is 5.91. The van der Waals surface area contributed by atoms with E-state index in [1.165, 1.54) is 11.1 Å². The van der Waals surface area contributed by atoms with Crippen molar-refractivity contribution < 1.29 is 9.59 Å². The summed E-state index contributed by atoms with van der Waals surface area (Å²) in [6.45, 7) is 2.71. The van der Waals surface area contributed by atoms with Gasteiger partial charge in [-0.2, -0.15) is 0 Å². The topological polar surface area (TPSA) is 71.1 Å². The molecule has 2 amide bonds. The molecule has 0 saturated heterocycles. The zero-order chi connectivity index (χ0) is 22.6. The molecule has 2 N–H and O–H groups in total. The van der Waals surface area contributed by atoms with Gasteiger partial charge in [-0.05, 0) is 61.3 Å². The molecule has 0 bridgehead atoms. The Labute approximate surface area is 191 Å². The number of carbonyl (C=O) groups is 2. The second-order valence-electron chi connectivity index (χ2n) is 8.14. The van der Waals surface area contributed by atoms with E-state index in [0.29, 0.717) is 13.0 Å². The van der Waals surface area contributed by atoms with Crippen LogP contribution in [0.5, 0.6) is 0 Å². The van der Waals surface area contributed by atoms with Gasteiger partial charge in [0.05, 0.1) is 5.92 Å². The number of nitrogens with one attached hydrogen (secondary N) is 2. The number of rotatable bonds is 10. The Balaban J connectivity index is 1.48. The first-order valence-corrected chi connectivity index (χ1v) is 11.6. The lowest BCUT2D eigenvalue weighted by atomic mass is 9.82. The molecule has 32 heavy (non-hydrogen) atoms. The van der Waals surface area contributed by atoms with E-state index in [0.717, 1.165) is 37.8 Å². The smallest absolute Gasteiger partial charge is 0.228 e. The van der Waals surface area contributed by atoms with Gasteiger partial charge in [-0.1, -0.05) is 55.5 Å². The summed E-state index contributed by atoms with van der Waals surface area (Å²) in [5.41, 5.74) is 3.22. The molecule has 0 aliphatic heterocycles. The Morgan fingerprint density at radius 3 is 2.72 bits per heavy atom. The van der Waals surface area contributed by atoms with Gasteiger partial charge in [0.15, 0.2) is 0 Å². The third-order valence-corrected chi connectivity index (χ3v) is 5.73. The SMILES string of the molecule is CCC=CC(/C=C\CC(=O)Nc1ccncc1)CCNC(=O)[C@H]1CCCc2ccccc21. The second kappa shape index (κ2) is 12.6. The quantitative estimate of drug-likeness (QED) is 0.510. The Morgan fingerprint density at radius 2 is 1.91 bits per heavy atom. The molecule has 1 aliphatic carbocycles. The van der Waals surface area contributed by atoms with Crippen molar-refractivity contribution in [3.8, 4) is 0 Å². The number of aryl methyl sites for hydroxylation is 1. The van der Waals surface area contributed by atoms with Crippen LogP contribution < -0.4 is 10.6 Å². The zero-order valence-electron chi connectivity index (χ0n) is 18.8. The van der Waals surface area contributed by atoms with E-state index in [9.17, 15) is 9.59 Å². The molecular weight excluding hydrogens is 398 g/mol. The molecule has 0 radical (unpaired) electrons. The van der Waals surface area contributed by atoms with Crippen LogP contribution in [0.15, 0.2) is 73.1 Å². The van der Waals surface area contributed by atoms with Crippen LogP contribution in [0.2, 0.25) is 0 Å². The van der Waals surface area contributed by atoms with E-state index in [1.807, 2.05) is 18.2 Å². The highest BCUT2D eigenvalue weighted by Crippen LogP contribution is 2.31. The predicted molar refractivity (Wildman–Crippen MR) is 129 cm³/mol. The third kappa shape index (κ3) is 7.19. The molecular formula is C27H33N3O2. The van der Waals surface area contributed by atoms with Crippen molar-refractivity contribution in [3.63, 3.8) is 0 Å². The molecule has 1 aliphatic rings. The van der Waals surface area contributed by atoms with Crippen molar-refractivity contribution in [1.29, 1.82) is 0 Å². The van der Waals surface area contributed by atoms with Crippen LogP contribution in [0.3, 0.4) is 0 Å². The summed E-state index contributed by atoms with van der Waals surface area (Å²) in [6, 6.07) is 11.8. The summed E-state index contributed by atoms with van der Waals surface area (Å²) in [6.07, 6.45) is 16.6. The number of aromatic nitrogens is 1. The van der Waals surface area contributed by atoms with Crippen LogP contribution in [-0.4, -0.2) is 23.3 Å². The van der Waals surface area contributed by atoms with Crippen LogP contribution in [-0.2, 0) is 16.0 Å². The third-order valence-electron chi connectivity index (χ3n) is 5.73. The minimum Gasteiger partial charge on any atom is -0.356 e. The summed E-state index contributed by atoms with van der Waals surface area (Å²) < 4.78 is 0. The fourth-order valence-corrected chi connectivity index (χ4v) is 4.08. The molecule has 2 aromatic rings. The van der Waals surface area contributed by atoms with Gasteiger partial charge in [0.2, 0.25) is 11.8 Å². The average Bonchev–Trinajstić information content (AvgIpc) is 2.82. The number of hydrogen-bond donors (Lipinski definition) is 2. The summed E-state index contributed by atoms with van der Waals surface area (Å²) in [5.74, 6) is 0.200. The van der Waals surface area contributed by atoms with Crippen molar-refractivity contribution >= 4 is 17.5 Å². The number of carbonyl (C=O) groups excluding carboxylic acids is 2. The first-order chi connectivity index (χ1) is 15.7. The van der Waals surface area contributed by atoms with Gasteiger partial charge in [0, 0.05) is 31.0 Å². The van der Waals surface area contributed by atoms with E-state index >= 15 is 0 Å². The van der Waals surface area contributed by atoms with E-state index < -0.39 is 0 Å². The van der Waals surface area contributed by atoms with Crippen LogP contribution >= 0.6 is 0 Å². The van der Waals surface area contributed by atoms with E-state index in [2.05, 4.69) is 52.9 Å². The lowest BCUT2D eigenvalue weighted by Gasteiger charge is -2.24.